The van der Waals surface area contributed by atoms with Crippen LogP contribution in [-0.2, 0) is 19.7 Å². The van der Waals surface area contributed by atoms with Crippen LogP contribution in [0.25, 0.3) is 0 Å². The molecule has 1 fully saturated rings. The zero-order valence-corrected chi connectivity index (χ0v) is 18.2. The number of anilines is 1. The van der Waals surface area contributed by atoms with E-state index in [9.17, 15) is 13.2 Å². The molecule has 9 heteroatoms. The molecule has 160 valence electrons. The molecule has 1 unspecified atom stereocenters. The molecule has 1 N–H and O–H groups in total. The number of carbonyl (C=O) groups is 1. The van der Waals surface area contributed by atoms with Crippen molar-refractivity contribution in [2.75, 3.05) is 36.8 Å². The fraction of sp³-hybridized carbons (Fsp3) is 0.550. The lowest BCUT2D eigenvalue weighted by Gasteiger charge is -2.35. The van der Waals surface area contributed by atoms with Gasteiger partial charge < -0.3 is 4.90 Å². The molecule has 1 saturated heterocycles. The second-order valence-electron chi connectivity index (χ2n) is 6.76. The van der Waals surface area contributed by atoms with Gasteiger partial charge in [0.1, 0.15) is 5.75 Å². The van der Waals surface area contributed by atoms with Crippen molar-refractivity contribution in [3.63, 3.8) is 0 Å². The van der Waals surface area contributed by atoms with Gasteiger partial charge in [0.2, 0.25) is 16.4 Å². The van der Waals surface area contributed by atoms with Gasteiger partial charge in [-0.2, -0.15) is 4.31 Å². The molecule has 1 aromatic carbocycles. The molecule has 0 spiro atoms. The second-order valence-corrected chi connectivity index (χ2v) is 9.21. The number of hydrogen-bond donors (Lipinski definition) is 1. The summed E-state index contributed by atoms with van der Waals surface area (Å²) in [6.45, 7) is 3.98. The molecule has 1 heterocycles. The summed E-state index contributed by atoms with van der Waals surface area (Å²) in [5.74, 6) is 5.48. The summed E-state index contributed by atoms with van der Waals surface area (Å²) in [6, 6.07) is 7.51. The average Bonchev–Trinajstić information content (AvgIpc) is 2.71. The topological polar surface area (TPSA) is 79.0 Å². The number of sulfonamides is 1. The Labute approximate surface area is 178 Å². The van der Waals surface area contributed by atoms with Crippen LogP contribution < -0.4 is 10.4 Å². The van der Waals surface area contributed by atoms with E-state index in [1.807, 2.05) is 24.3 Å². The molecule has 1 aliphatic heterocycles. The maximum Gasteiger partial charge on any atom is 0.230 e. The Morgan fingerprint density at radius 2 is 2.03 bits per heavy atom. The van der Waals surface area contributed by atoms with E-state index in [0.717, 1.165) is 24.9 Å². The molecule has 0 saturated carbocycles. The van der Waals surface area contributed by atoms with E-state index in [0.29, 0.717) is 44.0 Å². The van der Waals surface area contributed by atoms with Gasteiger partial charge in [-0.15, -0.1) is 5.92 Å². The third-order valence-electron chi connectivity index (χ3n) is 4.59. The van der Waals surface area contributed by atoms with Gasteiger partial charge in [-0.3, -0.25) is 9.63 Å². The van der Waals surface area contributed by atoms with Crippen molar-refractivity contribution in [3.05, 3.63) is 29.3 Å². The minimum absolute atomic E-state index is 0.300. The number of rotatable bonds is 10. The first-order valence-electron chi connectivity index (χ1n) is 9.78. The highest BCUT2D eigenvalue weighted by molar-refractivity contribution is 7.89. The summed E-state index contributed by atoms with van der Waals surface area (Å²) in [5, 5.41) is 0.651. The first-order valence-corrected chi connectivity index (χ1v) is 11.8. The van der Waals surface area contributed by atoms with E-state index >= 15 is 0 Å². The molecule has 0 aliphatic carbocycles. The summed E-state index contributed by atoms with van der Waals surface area (Å²) in [6.07, 6.45) is 3.24. The second kappa shape index (κ2) is 12.0. The van der Waals surface area contributed by atoms with Crippen LogP contribution in [0.3, 0.4) is 0 Å². The van der Waals surface area contributed by atoms with Crippen LogP contribution in [0.1, 0.15) is 32.6 Å². The molecule has 1 aromatic rings. The van der Waals surface area contributed by atoms with Gasteiger partial charge in [0.25, 0.3) is 0 Å². The van der Waals surface area contributed by atoms with Crippen LogP contribution in [0, 0.1) is 11.8 Å². The molecular weight excluding hydrogens is 414 g/mol. The van der Waals surface area contributed by atoms with Gasteiger partial charge in [-0.25, -0.2) is 13.9 Å². The van der Waals surface area contributed by atoms with Crippen LogP contribution in [-0.4, -0.2) is 57.2 Å². The minimum atomic E-state index is -3.58. The van der Waals surface area contributed by atoms with E-state index in [-0.39, 0.29) is 5.75 Å². The Bertz CT molecular complexity index is 815. The number of amides is 1. The lowest BCUT2D eigenvalue weighted by Crippen LogP contribution is -2.50. The standard InChI is InChI=1S/C20H28ClN3O4S/c1-2-3-4-5-6-10-20(28-22-17-25)16-29(26,27)24-13-11-23(12-14-24)19-9-7-8-18(21)15-19/h7-9,15,17,20H,2-5,11-14,16H2,1H3,(H,22,25). The number of unbranched alkanes of at least 4 members (excludes halogenated alkanes) is 3. The quantitative estimate of drug-likeness (QED) is 0.261. The first-order chi connectivity index (χ1) is 14.0. The number of halogens is 1. The Hall–Kier alpha value is -1.79. The summed E-state index contributed by atoms with van der Waals surface area (Å²) in [4.78, 5) is 17.7. The molecule has 7 nitrogen and oxygen atoms in total. The Morgan fingerprint density at radius 1 is 1.28 bits per heavy atom. The lowest BCUT2D eigenvalue weighted by molar-refractivity contribution is -0.122. The van der Waals surface area contributed by atoms with Crippen LogP contribution in [0.15, 0.2) is 24.3 Å². The summed E-state index contributed by atoms with van der Waals surface area (Å²) < 4.78 is 27.1. The third-order valence-corrected chi connectivity index (χ3v) is 6.71. The number of hydrogen-bond acceptors (Lipinski definition) is 5. The maximum atomic E-state index is 12.8. The monoisotopic (exact) mass is 441 g/mol. The number of benzene rings is 1. The zero-order chi connectivity index (χ0) is 21.1. The number of hydroxylamine groups is 1. The highest BCUT2D eigenvalue weighted by Gasteiger charge is 2.29. The van der Waals surface area contributed by atoms with Crippen molar-refractivity contribution in [3.8, 4) is 11.8 Å². The molecule has 0 bridgehead atoms. The number of carbonyl (C=O) groups excluding carboxylic acids is 1. The van der Waals surface area contributed by atoms with Crippen LogP contribution in [0.4, 0.5) is 5.69 Å². The number of piperazine rings is 1. The maximum absolute atomic E-state index is 12.8. The molecule has 1 amide bonds. The molecule has 2 rings (SSSR count). The molecule has 1 aliphatic rings. The first kappa shape index (κ1) is 23.5. The van der Waals surface area contributed by atoms with Gasteiger partial charge in [-0.1, -0.05) is 43.4 Å². The Balaban J connectivity index is 1.94. The van der Waals surface area contributed by atoms with E-state index < -0.39 is 16.1 Å². The van der Waals surface area contributed by atoms with Gasteiger partial charge in [0.15, 0.2) is 6.10 Å². The van der Waals surface area contributed by atoms with E-state index in [1.54, 1.807) is 0 Å². The van der Waals surface area contributed by atoms with Crippen molar-refractivity contribution >= 4 is 33.7 Å². The fourth-order valence-electron chi connectivity index (χ4n) is 3.06. The Kier molecular flexibility index (Phi) is 9.74. The lowest BCUT2D eigenvalue weighted by atomic mass is 10.2. The van der Waals surface area contributed by atoms with Gasteiger partial charge in [-0.05, 0) is 24.6 Å². The van der Waals surface area contributed by atoms with E-state index in [2.05, 4.69) is 29.1 Å². The molecule has 0 radical (unpaired) electrons. The number of nitrogens with one attached hydrogen (secondary N) is 1. The fourth-order valence-corrected chi connectivity index (χ4v) is 4.71. The highest BCUT2D eigenvalue weighted by Crippen LogP contribution is 2.21. The van der Waals surface area contributed by atoms with Crippen molar-refractivity contribution in [1.29, 1.82) is 0 Å². The molecule has 0 aromatic heterocycles. The average molecular weight is 442 g/mol. The molecule has 1 atom stereocenters. The Morgan fingerprint density at radius 3 is 2.69 bits per heavy atom. The predicted molar refractivity (Wildman–Crippen MR) is 115 cm³/mol. The zero-order valence-electron chi connectivity index (χ0n) is 16.6. The van der Waals surface area contributed by atoms with Crippen molar-refractivity contribution in [2.24, 2.45) is 0 Å². The third kappa shape index (κ3) is 7.86. The summed E-state index contributed by atoms with van der Waals surface area (Å²) >= 11 is 6.04. The van der Waals surface area contributed by atoms with Gasteiger partial charge in [0.05, 0.1) is 0 Å². The van der Waals surface area contributed by atoms with E-state index in [4.69, 9.17) is 16.4 Å². The smallest absolute Gasteiger partial charge is 0.230 e. The number of nitrogens with zero attached hydrogens (tertiary/aromatic N) is 2. The van der Waals surface area contributed by atoms with E-state index in [1.165, 1.54) is 4.31 Å². The molecular formula is C20H28ClN3O4S. The van der Waals surface area contributed by atoms with Crippen LogP contribution >= 0.6 is 11.6 Å². The summed E-state index contributed by atoms with van der Waals surface area (Å²) in [5.41, 5.74) is 3.05. The normalized spacial score (nSPS) is 16.0. The van der Waals surface area contributed by atoms with Crippen molar-refractivity contribution in [2.45, 2.75) is 38.7 Å². The summed E-state index contributed by atoms with van der Waals surface area (Å²) in [7, 11) is -3.58. The van der Waals surface area contributed by atoms with Crippen LogP contribution in [0.2, 0.25) is 5.02 Å². The predicted octanol–water partition coefficient (Wildman–Crippen LogP) is 2.42. The van der Waals surface area contributed by atoms with Gasteiger partial charge in [0, 0.05) is 43.3 Å². The van der Waals surface area contributed by atoms with Gasteiger partial charge >= 0.3 is 0 Å². The highest BCUT2D eigenvalue weighted by atomic mass is 35.5. The van der Waals surface area contributed by atoms with Crippen molar-refractivity contribution < 1.29 is 18.0 Å². The van der Waals surface area contributed by atoms with Crippen molar-refractivity contribution in [1.82, 2.24) is 9.79 Å². The van der Waals surface area contributed by atoms with Crippen LogP contribution in [0.5, 0.6) is 0 Å². The largest absolute Gasteiger partial charge is 0.369 e. The SMILES string of the molecule is CCCCCC#CC(CS(=O)(=O)N1CCN(c2cccc(Cl)c2)CC1)ONC=O. The minimum Gasteiger partial charge on any atom is -0.369 e. The molecule has 29 heavy (non-hydrogen) atoms.